The zero-order valence-corrected chi connectivity index (χ0v) is 13.7. The average Bonchev–Trinajstić information content (AvgIpc) is 3.12. The topological polar surface area (TPSA) is 80.3 Å². The van der Waals surface area contributed by atoms with Gasteiger partial charge in [0.15, 0.2) is 23.9 Å². The largest absolute Gasteiger partial charge is 0.497 e. The standard InChI is InChI=1S/C18H16O7/c1-21-12-4-5-13(16(8-12)22-2)18(20)23-9-14(19)11-3-6-15-17(7-11)25-10-24-15/h3-8H,9-10H2,1-2H3. The van der Waals surface area contributed by atoms with Crippen LogP contribution in [-0.2, 0) is 4.74 Å². The molecule has 0 amide bonds. The van der Waals surface area contributed by atoms with Crippen molar-refractivity contribution in [3.05, 3.63) is 47.5 Å². The predicted molar refractivity (Wildman–Crippen MR) is 86.7 cm³/mol. The molecule has 3 rings (SSSR count). The number of ether oxygens (including phenoxy) is 5. The lowest BCUT2D eigenvalue weighted by atomic mass is 10.1. The Bertz CT molecular complexity index is 813. The average molecular weight is 344 g/mol. The Morgan fingerprint density at radius 2 is 1.80 bits per heavy atom. The molecular formula is C18H16O7. The van der Waals surface area contributed by atoms with Gasteiger partial charge in [-0.1, -0.05) is 0 Å². The van der Waals surface area contributed by atoms with Crippen LogP contribution in [0, 0.1) is 0 Å². The van der Waals surface area contributed by atoms with Crippen LogP contribution in [-0.4, -0.2) is 39.4 Å². The molecule has 2 aromatic rings. The molecule has 1 heterocycles. The quantitative estimate of drug-likeness (QED) is 0.588. The van der Waals surface area contributed by atoms with E-state index in [-0.39, 0.29) is 18.1 Å². The van der Waals surface area contributed by atoms with E-state index in [0.29, 0.717) is 28.6 Å². The number of ketones is 1. The summed E-state index contributed by atoms with van der Waals surface area (Å²) in [6.07, 6.45) is 0. The van der Waals surface area contributed by atoms with Crippen molar-refractivity contribution in [1.29, 1.82) is 0 Å². The van der Waals surface area contributed by atoms with Crippen LogP contribution in [0.4, 0.5) is 0 Å². The first-order valence-corrected chi connectivity index (χ1v) is 7.44. The molecule has 0 saturated carbocycles. The molecule has 0 radical (unpaired) electrons. The first-order chi connectivity index (χ1) is 12.1. The fraction of sp³-hybridized carbons (Fsp3) is 0.222. The van der Waals surface area contributed by atoms with Crippen LogP contribution < -0.4 is 18.9 Å². The van der Waals surface area contributed by atoms with Crippen LogP contribution in [0.5, 0.6) is 23.0 Å². The number of carbonyl (C=O) groups excluding carboxylic acids is 2. The fourth-order valence-corrected chi connectivity index (χ4v) is 2.33. The number of carbonyl (C=O) groups is 2. The molecular weight excluding hydrogens is 328 g/mol. The molecule has 7 nitrogen and oxygen atoms in total. The van der Waals surface area contributed by atoms with Gasteiger partial charge in [-0.05, 0) is 30.3 Å². The number of benzene rings is 2. The predicted octanol–water partition coefficient (Wildman–Crippen LogP) is 2.47. The number of esters is 1. The van der Waals surface area contributed by atoms with Gasteiger partial charge in [0.1, 0.15) is 17.1 Å². The summed E-state index contributed by atoms with van der Waals surface area (Å²) < 4.78 is 25.7. The second kappa shape index (κ2) is 7.12. The normalized spacial score (nSPS) is 11.8. The molecule has 0 aliphatic carbocycles. The minimum Gasteiger partial charge on any atom is -0.497 e. The number of rotatable bonds is 6. The van der Waals surface area contributed by atoms with E-state index in [1.165, 1.54) is 20.3 Å². The van der Waals surface area contributed by atoms with Crippen molar-refractivity contribution in [2.75, 3.05) is 27.6 Å². The van der Waals surface area contributed by atoms with Crippen molar-refractivity contribution in [2.24, 2.45) is 0 Å². The molecule has 0 spiro atoms. The van der Waals surface area contributed by atoms with E-state index in [9.17, 15) is 9.59 Å². The Balaban J connectivity index is 1.67. The highest BCUT2D eigenvalue weighted by atomic mass is 16.7. The smallest absolute Gasteiger partial charge is 0.342 e. The lowest BCUT2D eigenvalue weighted by Crippen LogP contribution is -2.15. The summed E-state index contributed by atoms with van der Waals surface area (Å²) in [5, 5.41) is 0. The lowest BCUT2D eigenvalue weighted by Gasteiger charge is -2.10. The van der Waals surface area contributed by atoms with Gasteiger partial charge in [-0.15, -0.1) is 0 Å². The summed E-state index contributed by atoms with van der Waals surface area (Å²) in [6.45, 7) is -0.271. The van der Waals surface area contributed by atoms with Gasteiger partial charge in [0.05, 0.1) is 14.2 Å². The number of hydrogen-bond donors (Lipinski definition) is 0. The number of fused-ring (bicyclic) bond motifs is 1. The second-order valence-electron chi connectivity index (χ2n) is 5.13. The SMILES string of the molecule is COc1ccc(C(=O)OCC(=O)c2ccc3c(c2)OCO3)c(OC)c1. The number of methoxy groups -OCH3 is 2. The van der Waals surface area contributed by atoms with Gasteiger partial charge in [0.2, 0.25) is 6.79 Å². The summed E-state index contributed by atoms with van der Waals surface area (Å²) >= 11 is 0. The maximum absolute atomic E-state index is 12.2. The van der Waals surface area contributed by atoms with Crippen molar-refractivity contribution in [3.63, 3.8) is 0 Å². The Morgan fingerprint density at radius 1 is 1.00 bits per heavy atom. The van der Waals surface area contributed by atoms with Crippen molar-refractivity contribution in [2.45, 2.75) is 0 Å². The Kier molecular flexibility index (Phi) is 4.74. The van der Waals surface area contributed by atoms with Crippen LogP contribution in [0.2, 0.25) is 0 Å². The maximum atomic E-state index is 12.2. The van der Waals surface area contributed by atoms with E-state index in [2.05, 4.69) is 0 Å². The van der Waals surface area contributed by atoms with E-state index in [1.807, 2.05) is 0 Å². The first kappa shape index (κ1) is 16.6. The molecule has 0 unspecified atom stereocenters. The molecule has 0 bridgehead atoms. The van der Waals surface area contributed by atoms with Crippen LogP contribution in [0.1, 0.15) is 20.7 Å². The van der Waals surface area contributed by atoms with E-state index in [0.717, 1.165) is 0 Å². The Labute approximate surface area is 144 Å². The molecule has 0 fully saturated rings. The summed E-state index contributed by atoms with van der Waals surface area (Å²) in [7, 11) is 2.94. The highest BCUT2D eigenvalue weighted by molar-refractivity contribution is 6.00. The molecule has 7 heteroatoms. The van der Waals surface area contributed by atoms with Gasteiger partial charge in [0, 0.05) is 11.6 Å². The molecule has 1 aliphatic rings. The van der Waals surface area contributed by atoms with Crippen LogP contribution in [0.25, 0.3) is 0 Å². The van der Waals surface area contributed by atoms with Gasteiger partial charge in [-0.3, -0.25) is 4.79 Å². The highest BCUT2D eigenvalue weighted by Gasteiger charge is 2.19. The van der Waals surface area contributed by atoms with E-state index in [4.69, 9.17) is 23.7 Å². The van der Waals surface area contributed by atoms with E-state index >= 15 is 0 Å². The third-order valence-corrected chi connectivity index (χ3v) is 3.66. The molecule has 0 atom stereocenters. The zero-order valence-electron chi connectivity index (χ0n) is 13.7. The van der Waals surface area contributed by atoms with Gasteiger partial charge in [-0.25, -0.2) is 4.79 Å². The monoisotopic (exact) mass is 344 g/mol. The molecule has 25 heavy (non-hydrogen) atoms. The van der Waals surface area contributed by atoms with E-state index < -0.39 is 12.6 Å². The molecule has 0 saturated heterocycles. The maximum Gasteiger partial charge on any atom is 0.342 e. The zero-order chi connectivity index (χ0) is 17.8. The molecule has 1 aliphatic heterocycles. The van der Waals surface area contributed by atoms with Crippen LogP contribution in [0.3, 0.4) is 0 Å². The number of hydrogen-bond acceptors (Lipinski definition) is 7. The molecule has 2 aromatic carbocycles. The number of Topliss-reactive ketones (excluding diaryl/α,β-unsaturated/α-hetero) is 1. The summed E-state index contributed by atoms with van der Waals surface area (Å²) in [4.78, 5) is 24.4. The Morgan fingerprint density at radius 3 is 2.56 bits per heavy atom. The van der Waals surface area contributed by atoms with Gasteiger partial charge >= 0.3 is 5.97 Å². The minimum atomic E-state index is -0.659. The van der Waals surface area contributed by atoms with Gasteiger partial charge in [0.25, 0.3) is 0 Å². The lowest BCUT2D eigenvalue weighted by molar-refractivity contribution is 0.0471. The summed E-state index contributed by atoms with van der Waals surface area (Å²) in [6, 6.07) is 9.49. The first-order valence-electron chi connectivity index (χ1n) is 7.44. The third kappa shape index (κ3) is 3.50. The minimum absolute atomic E-state index is 0.124. The Hall–Kier alpha value is -3.22. The third-order valence-electron chi connectivity index (χ3n) is 3.66. The highest BCUT2D eigenvalue weighted by Crippen LogP contribution is 2.32. The van der Waals surface area contributed by atoms with Crippen molar-refractivity contribution < 1.29 is 33.3 Å². The van der Waals surface area contributed by atoms with Crippen LogP contribution in [0.15, 0.2) is 36.4 Å². The van der Waals surface area contributed by atoms with Crippen molar-refractivity contribution in [1.82, 2.24) is 0 Å². The van der Waals surface area contributed by atoms with Crippen LogP contribution >= 0.6 is 0 Å². The van der Waals surface area contributed by atoms with Crippen molar-refractivity contribution in [3.8, 4) is 23.0 Å². The van der Waals surface area contributed by atoms with E-state index in [1.54, 1.807) is 30.3 Å². The van der Waals surface area contributed by atoms with Crippen molar-refractivity contribution >= 4 is 11.8 Å². The molecule has 0 aromatic heterocycles. The summed E-state index contributed by atoms with van der Waals surface area (Å²) in [5.74, 6) is 0.919. The second-order valence-corrected chi connectivity index (χ2v) is 5.13. The van der Waals surface area contributed by atoms with Gasteiger partial charge < -0.3 is 23.7 Å². The summed E-state index contributed by atoms with van der Waals surface area (Å²) in [5.41, 5.74) is 0.584. The molecule has 0 N–H and O–H groups in total. The fourth-order valence-electron chi connectivity index (χ4n) is 2.33. The molecule has 130 valence electrons. The van der Waals surface area contributed by atoms with Gasteiger partial charge in [-0.2, -0.15) is 0 Å².